The molecule has 8 nitrogen and oxygen atoms in total. The van der Waals surface area contributed by atoms with Gasteiger partial charge in [-0.1, -0.05) is 29.3 Å². The number of benzene rings is 1. The van der Waals surface area contributed by atoms with Crippen molar-refractivity contribution in [2.24, 2.45) is 0 Å². The van der Waals surface area contributed by atoms with E-state index in [0.29, 0.717) is 21.7 Å². The maximum absolute atomic E-state index is 14.0. The van der Waals surface area contributed by atoms with E-state index in [4.69, 9.17) is 32.7 Å². The van der Waals surface area contributed by atoms with Gasteiger partial charge in [-0.3, -0.25) is 4.79 Å². The van der Waals surface area contributed by atoms with E-state index in [1.807, 2.05) is 0 Å². The van der Waals surface area contributed by atoms with Crippen molar-refractivity contribution in [2.45, 2.75) is 24.7 Å². The minimum atomic E-state index is -4.65. The molecule has 0 saturated heterocycles. The van der Waals surface area contributed by atoms with Gasteiger partial charge in [-0.15, -0.1) is 0 Å². The van der Waals surface area contributed by atoms with Crippen LogP contribution in [-0.2, 0) is 0 Å². The number of carbonyl (C=O) groups excluding carboxylic acids is 1. The van der Waals surface area contributed by atoms with Gasteiger partial charge in [0.1, 0.15) is 10.8 Å². The lowest BCUT2D eigenvalue weighted by molar-refractivity contribution is -0.173. The first-order chi connectivity index (χ1) is 16.1. The van der Waals surface area contributed by atoms with Gasteiger partial charge >= 0.3 is 6.18 Å². The monoisotopic (exact) mass is 515 g/mol. The smallest absolute Gasteiger partial charge is 0.410 e. The molecule has 180 valence electrons. The highest BCUT2D eigenvalue weighted by molar-refractivity contribution is 6.37. The number of rotatable bonds is 5. The van der Waals surface area contributed by atoms with Gasteiger partial charge in [0.2, 0.25) is 0 Å². The molecule has 0 spiro atoms. The summed E-state index contributed by atoms with van der Waals surface area (Å²) in [4.78, 5) is 16.6. The van der Waals surface area contributed by atoms with E-state index in [1.165, 1.54) is 32.5 Å². The number of aromatic nitrogens is 3. The van der Waals surface area contributed by atoms with Crippen LogP contribution in [0.2, 0.25) is 10.2 Å². The molecule has 1 aromatic carbocycles. The van der Waals surface area contributed by atoms with Gasteiger partial charge in [-0.05, 0) is 29.8 Å². The molecule has 0 bridgehead atoms. The third-order valence-electron chi connectivity index (χ3n) is 5.33. The Hall–Kier alpha value is -3.18. The van der Waals surface area contributed by atoms with E-state index < -0.39 is 24.2 Å². The van der Waals surface area contributed by atoms with Crippen LogP contribution in [0.15, 0.2) is 36.5 Å². The molecule has 0 unspecified atom stereocenters. The lowest BCUT2D eigenvalue weighted by Crippen LogP contribution is -2.35. The van der Waals surface area contributed by atoms with Crippen molar-refractivity contribution < 1.29 is 27.4 Å². The second-order valence-electron chi connectivity index (χ2n) is 7.36. The SMILES string of the molecule is COc1ccc([C@H]2C[C@@H](C(F)(F)F)n3nc(C(=O)Nc4cccnc4Cl)c(Cl)c3N2)cc1OC. The summed E-state index contributed by atoms with van der Waals surface area (Å²) in [6.07, 6.45) is -3.62. The molecular formula is C21H18Cl2F3N5O3. The van der Waals surface area contributed by atoms with Crippen molar-refractivity contribution in [1.29, 1.82) is 0 Å². The summed E-state index contributed by atoms with van der Waals surface area (Å²) in [6.45, 7) is 0. The minimum Gasteiger partial charge on any atom is -0.493 e. The molecule has 1 aliphatic rings. The topological polar surface area (TPSA) is 90.3 Å². The van der Waals surface area contributed by atoms with E-state index in [1.54, 1.807) is 18.2 Å². The van der Waals surface area contributed by atoms with Gasteiger partial charge < -0.3 is 20.1 Å². The minimum absolute atomic E-state index is 0.00996. The lowest BCUT2D eigenvalue weighted by atomic mass is 9.96. The fraction of sp³-hybridized carbons (Fsp3) is 0.286. The number of fused-ring (bicyclic) bond motifs is 1. The number of nitrogens with zero attached hydrogens (tertiary/aromatic N) is 3. The second-order valence-corrected chi connectivity index (χ2v) is 8.09. The maximum atomic E-state index is 14.0. The lowest BCUT2D eigenvalue weighted by Gasteiger charge is -2.33. The second kappa shape index (κ2) is 9.22. The van der Waals surface area contributed by atoms with E-state index in [2.05, 4.69) is 20.7 Å². The van der Waals surface area contributed by atoms with Gasteiger partial charge in [0.15, 0.2) is 28.4 Å². The number of carbonyl (C=O) groups is 1. The van der Waals surface area contributed by atoms with Crippen LogP contribution >= 0.6 is 23.2 Å². The quantitative estimate of drug-likeness (QED) is 0.435. The standard InChI is InChI=1S/C21H18Cl2F3N5O3/c1-33-13-6-5-10(8-14(13)34-2)12-9-15(21(24,25)26)31-19(28-12)16(22)17(30-31)20(32)29-11-4-3-7-27-18(11)23/h3-8,12,15,28H,9H2,1-2H3,(H,29,32)/t12-,15+/m1/s1. The van der Waals surface area contributed by atoms with Crippen molar-refractivity contribution in [3.63, 3.8) is 0 Å². The summed E-state index contributed by atoms with van der Waals surface area (Å²) < 4.78 is 53.2. The largest absolute Gasteiger partial charge is 0.493 e. The Bertz CT molecular complexity index is 1230. The number of hydrogen-bond donors (Lipinski definition) is 2. The normalized spacial score (nSPS) is 17.5. The molecule has 1 amide bonds. The number of ether oxygens (including phenoxy) is 2. The molecule has 0 aliphatic carbocycles. The predicted molar refractivity (Wildman–Crippen MR) is 120 cm³/mol. The number of amides is 1. The number of hydrogen-bond acceptors (Lipinski definition) is 6. The van der Waals surface area contributed by atoms with Gasteiger partial charge in [0, 0.05) is 12.6 Å². The Morgan fingerprint density at radius 2 is 1.94 bits per heavy atom. The zero-order valence-electron chi connectivity index (χ0n) is 17.8. The molecule has 1 aliphatic heterocycles. The fourth-order valence-corrected chi connectivity index (χ4v) is 4.11. The van der Waals surface area contributed by atoms with Crippen molar-refractivity contribution in [3.05, 3.63) is 58.0 Å². The molecule has 4 rings (SSSR count). The maximum Gasteiger partial charge on any atom is 0.410 e. The fourth-order valence-electron chi connectivity index (χ4n) is 3.68. The summed E-state index contributed by atoms with van der Waals surface area (Å²) >= 11 is 12.3. The highest BCUT2D eigenvalue weighted by Crippen LogP contribution is 2.47. The highest BCUT2D eigenvalue weighted by atomic mass is 35.5. The number of halogens is 5. The van der Waals surface area contributed by atoms with Crippen LogP contribution < -0.4 is 20.1 Å². The molecular weight excluding hydrogens is 498 g/mol. The Morgan fingerprint density at radius 3 is 2.59 bits per heavy atom. The predicted octanol–water partition coefficient (Wildman–Crippen LogP) is 5.51. The number of anilines is 2. The Morgan fingerprint density at radius 1 is 1.21 bits per heavy atom. The van der Waals surface area contributed by atoms with Crippen LogP contribution in [0.5, 0.6) is 11.5 Å². The number of alkyl halides is 3. The van der Waals surface area contributed by atoms with Crippen LogP contribution in [0.1, 0.15) is 34.6 Å². The molecule has 2 N–H and O–H groups in total. The first kappa shape index (κ1) is 24.0. The summed E-state index contributed by atoms with van der Waals surface area (Å²) in [5.41, 5.74) is 0.301. The third kappa shape index (κ3) is 4.45. The molecule has 0 radical (unpaired) electrons. The molecule has 0 fully saturated rings. The zero-order valence-corrected chi connectivity index (χ0v) is 19.3. The Labute approximate surface area is 202 Å². The summed E-state index contributed by atoms with van der Waals surface area (Å²) in [5, 5.41) is 9.10. The molecule has 2 aromatic heterocycles. The number of methoxy groups -OCH3 is 2. The molecule has 34 heavy (non-hydrogen) atoms. The van der Waals surface area contributed by atoms with Gasteiger partial charge in [-0.2, -0.15) is 18.3 Å². The summed E-state index contributed by atoms with van der Waals surface area (Å²) in [5.74, 6) is -0.154. The zero-order chi connectivity index (χ0) is 24.6. The Balaban J connectivity index is 1.72. The highest BCUT2D eigenvalue weighted by Gasteiger charge is 2.48. The van der Waals surface area contributed by atoms with E-state index in [-0.39, 0.29) is 33.8 Å². The number of pyridine rings is 1. The van der Waals surface area contributed by atoms with Crippen LogP contribution in [-0.4, -0.2) is 41.1 Å². The van der Waals surface area contributed by atoms with E-state index in [9.17, 15) is 18.0 Å². The van der Waals surface area contributed by atoms with Gasteiger partial charge in [0.25, 0.3) is 5.91 Å². The van der Waals surface area contributed by atoms with Crippen LogP contribution in [0.3, 0.4) is 0 Å². The average Bonchev–Trinajstić information content (AvgIpc) is 3.15. The van der Waals surface area contributed by atoms with E-state index >= 15 is 0 Å². The molecule has 0 saturated carbocycles. The van der Waals surface area contributed by atoms with Crippen LogP contribution in [0, 0.1) is 0 Å². The molecule has 13 heteroatoms. The van der Waals surface area contributed by atoms with Crippen molar-refractivity contribution >= 4 is 40.6 Å². The van der Waals surface area contributed by atoms with Crippen molar-refractivity contribution in [3.8, 4) is 11.5 Å². The van der Waals surface area contributed by atoms with Crippen molar-refractivity contribution in [1.82, 2.24) is 14.8 Å². The molecule has 2 atom stereocenters. The number of nitrogens with one attached hydrogen (secondary N) is 2. The van der Waals surface area contributed by atoms with Gasteiger partial charge in [-0.25, -0.2) is 9.67 Å². The third-order valence-corrected chi connectivity index (χ3v) is 5.99. The first-order valence-electron chi connectivity index (χ1n) is 9.89. The summed E-state index contributed by atoms with van der Waals surface area (Å²) in [7, 11) is 2.89. The average molecular weight is 516 g/mol. The van der Waals surface area contributed by atoms with Crippen molar-refractivity contribution in [2.75, 3.05) is 24.9 Å². The molecule has 3 aromatic rings. The van der Waals surface area contributed by atoms with E-state index in [0.717, 1.165) is 0 Å². The molecule has 3 heterocycles. The Kier molecular flexibility index (Phi) is 6.50. The summed E-state index contributed by atoms with van der Waals surface area (Å²) in [6, 6.07) is 5.02. The van der Waals surface area contributed by atoms with Crippen LogP contribution in [0.25, 0.3) is 0 Å². The van der Waals surface area contributed by atoms with Crippen LogP contribution in [0.4, 0.5) is 24.7 Å². The first-order valence-corrected chi connectivity index (χ1v) is 10.6. The van der Waals surface area contributed by atoms with Gasteiger partial charge in [0.05, 0.1) is 25.9 Å².